The number of amides is 3. The van der Waals surface area contributed by atoms with E-state index in [1.165, 1.54) is 5.56 Å². The lowest BCUT2D eigenvalue weighted by Crippen LogP contribution is -2.44. The van der Waals surface area contributed by atoms with Gasteiger partial charge in [-0.1, -0.05) is 31.4 Å². The number of urea groups is 1. The van der Waals surface area contributed by atoms with Crippen molar-refractivity contribution in [3.8, 4) is 0 Å². The Morgan fingerprint density at radius 1 is 1.30 bits per heavy atom. The fourth-order valence-corrected chi connectivity index (χ4v) is 4.14. The second kappa shape index (κ2) is 7.30. The number of pyridine rings is 1. The minimum Gasteiger partial charge on any atom is -0.321 e. The molecule has 2 aromatic rings. The van der Waals surface area contributed by atoms with Crippen LogP contribution in [0.2, 0.25) is 0 Å². The van der Waals surface area contributed by atoms with Crippen LogP contribution in [0.5, 0.6) is 0 Å². The number of fused-ring (bicyclic) bond motifs is 2. The number of allylic oxidation sites excluding steroid dienone is 4. The molecule has 3 amide bonds. The lowest BCUT2D eigenvalue weighted by Gasteiger charge is -2.30. The molecule has 1 unspecified atom stereocenters. The van der Waals surface area contributed by atoms with Crippen LogP contribution in [0.25, 0.3) is 10.9 Å². The van der Waals surface area contributed by atoms with E-state index in [2.05, 4.69) is 34.8 Å². The molecule has 0 bridgehead atoms. The summed E-state index contributed by atoms with van der Waals surface area (Å²) >= 11 is 0. The van der Waals surface area contributed by atoms with Crippen LogP contribution >= 0.6 is 0 Å². The molecular formula is C24H24N4O2. The van der Waals surface area contributed by atoms with Crippen LogP contribution in [0.15, 0.2) is 73.1 Å². The highest BCUT2D eigenvalue weighted by molar-refractivity contribution is 5.96. The van der Waals surface area contributed by atoms with Gasteiger partial charge < -0.3 is 15.5 Å². The first-order valence-electron chi connectivity index (χ1n) is 9.81. The van der Waals surface area contributed by atoms with E-state index in [4.69, 9.17) is 0 Å². The number of aromatic nitrogens is 1. The molecule has 4 rings (SSSR count). The lowest BCUT2D eigenvalue weighted by molar-refractivity contribution is 0.0962. The molecule has 1 saturated heterocycles. The smallest absolute Gasteiger partial charge is 0.321 e. The van der Waals surface area contributed by atoms with E-state index in [1.54, 1.807) is 30.2 Å². The molecule has 6 heteroatoms. The van der Waals surface area contributed by atoms with Crippen molar-refractivity contribution in [3.05, 3.63) is 89.9 Å². The Kier molecular flexibility index (Phi) is 4.78. The number of hydrogen-bond donors (Lipinski definition) is 2. The van der Waals surface area contributed by atoms with E-state index in [0.717, 1.165) is 22.2 Å². The molecule has 2 aliphatic rings. The van der Waals surface area contributed by atoms with Gasteiger partial charge in [0.15, 0.2) is 0 Å². The van der Waals surface area contributed by atoms with Gasteiger partial charge in [-0.3, -0.25) is 4.79 Å². The molecular weight excluding hydrogens is 376 g/mol. The van der Waals surface area contributed by atoms with Crippen molar-refractivity contribution in [2.45, 2.75) is 25.3 Å². The topological polar surface area (TPSA) is 74.3 Å². The van der Waals surface area contributed by atoms with E-state index < -0.39 is 5.54 Å². The molecule has 0 radical (unpaired) electrons. The van der Waals surface area contributed by atoms with Crippen molar-refractivity contribution in [1.29, 1.82) is 0 Å². The van der Waals surface area contributed by atoms with Gasteiger partial charge in [0.2, 0.25) is 0 Å². The number of carbonyl (C=O) groups excluding carboxylic acids is 2. The van der Waals surface area contributed by atoms with Gasteiger partial charge >= 0.3 is 6.03 Å². The normalized spacial score (nSPS) is 20.9. The third kappa shape index (κ3) is 3.10. The summed E-state index contributed by atoms with van der Waals surface area (Å²) in [5.41, 5.74) is 4.28. The standard InChI is InChI=1S/C24H24N4O2/c1-5-7-8-19(6-2)26-22(29)20-10-9-16-11-17-13-24(14-18(17)12-21(16)27-20)15(3)25-23(30)28(24)4/h5-12H,2-3,13-14H2,1,4H3,(H,25,30)(H,26,29)/b7-5-,19-8+. The molecule has 30 heavy (non-hydrogen) atoms. The van der Waals surface area contributed by atoms with Gasteiger partial charge in [-0.05, 0) is 48.4 Å². The Balaban J connectivity index is 1.65. The Hall–Kier alpha value is -3.67. The summed E-state index contributed by atoms with van der Waals surface area (Å²) in [5, 5.41) is 6.62. The summed E-state index contributed by atoms with van der Waals surface area (Å²) < 4.78 is 0. The summed E-state index contributed by atoms with van der Waals surface area (Å²) in [7, 11) is 1.80. The van der Waals surface area contributed by atoms with Crippen molar-refractivity contribution in [2.75, 3.05) is 7.05 Å². The zero-order valence-electron chi connectivity index (χ0n) is 17.2. The third-order valence-electron chi connectivity index (χ3n) is 5.92. The Morgan fingerprint density at radius 2 is 2.03 bits per heavy atom. The van der Waals surface area contributed by atoms with E-state index in [1.807, 2.05) is 31.2 Å². The quantitative estimate of drug-likeness (QED) is 0.770. The Morgan fingerprint density at radius 3 is 2.67 bits per heavy atom. The Bertz CT molecular complexity index is 1160. The van der Waals surface area contributed by atoms with Gasteiger partial charge in [0.25, 0.3) is 5.91 Å². The number of nitrogens with one attached hydrogen (secondary N) is 2. The SMILES string of the molecule is C=C/C(=C\C=C/C)NC(=O)c1ccc2cc3c(cc2n1)CC1(C3)C(=C)NC(=O)N1C. The molecule has 1 fully saturated rings. The first-order valence-corrected chi connectivity index (χ1v) is 9.81. The molecule has 1 aromatic carbocycles. The summed E-state index contributed by atoms with van der Waals surface area (Å²) in [6, 6.07) is 7.61. The monoisotopic (exact) mass is 400 g/mol. The zero-order valence-corrected chi connectivity index (χ0v) is 17.2. The fraction of sp³-hybridized carbons (Fsp3) is 0.208. The molecule has 2 heterocycles. The number of hydrogen-bond acceptors (Lipinski definition) is 3. The second-order valence-corrected chi connectivity index (χ2v) is 7.67. The number of nitrogens with zero attached hydrogens (tertiary/aromatic N) is 2. The van der Waals surface area contributed by atoms with E-state index >= 15 is 0 Å². The fourth-order valence-electron chi connectivity index (χ4n) is 4.14. The number of rotatable bonds is 4. The van der Waals surface area contributed by atoms with Crippen molar-refractivity contribution >= 4 is 22.8 Å². The van der Waals surface area contributed by atoms with Crippen LogP contribution in [0.1, 0.15) is 28.5 Å². The highest BCUT2D eigenvalue weighted by Gasteiger charge is 2.50. The average Bonchev–Trinajstić information content (AvgIpc) is 3.21. The van der Waals surface area contributed by atoms with E-state index in [-0.39, 0.29) is 11.9 Å². The predicted molar refractivity (Wildman–Crippen MR) is 118 cm³/mol. The first-order chi connectivity index (χ1) is 14.4. The third-order valence-corrected chi connectivity index (χ3v) is 5.92. The van der Waals surface area contributed by atoms with Gasteiger partial charge in [0.1, 0.15) is 5.69 Å². The van der Waals surface area contributed by atoms with E-state index in [9.17, 15) is 9.59 Å². The van der Waals surface area contributed by atoms with Gasteiger partial charge in [0, 0.05) is 36.7 Å². The van der Waals surface area contributed by atoms with Gasteiger partial charge in [0.05, 0.1) is 11.1 Å². The minimum absolute atomic E-state index is 0.126. The summed E-state index contributed by atoms with van der Waals surface area (Å²) in [5.74, 6) is -0.289. The average molecular weight is 400 g/mol. The largest absolute Gasteiger partial charge is 0.322 e. The molecule has 152 valence electrons. The summed E-state index contributed by atoms with van der Waals surface area (Å²) in [6.45, 7) is 9.70. The van der Waals surface area contributed by atoms with Crippen molar-refractivity contribution in [2.24, 2.45) is 0 Å². The molecule has 2 N–H and O–H groups in total. The zero-order chi connectivity index (χ0) is 21.5. The molecule has 1 spiro atoms. The van der Waals surface area contributed by atoms with Crippen LogP contribution in [0, 0.1) is 0 Å². The maximum atomic E-state index is 12.6. The highest BCUT2D eigenvalue weighted by Crippen LogP contribution is 2.42. The number of carbonyl (C=O) groups is 2. The van der Waals surface area contributed by atoms with Gasteiger partial charge in [-0.15, -0.1) is 0 Å². The predicted octanol–water partition coefficient (Wildman–Crippen LogP) is 3.62. The molecule has 0 saturated carbocycles. The van der Waals surface area contributed by atoms with Gasteiger partial charge in [-0.2, -0.15) is 0 Å². The Labute approximate surface area is 175 Å². The highest BCUT2D eigenvalue weighted by atomic mass is 16.2. The summed E-state index contributed by atoms with van der Waals surface area (Å²) in [4.78, 5) is 31.1. The second-order valence-electron chi connectivity index (χ2n) is 7.67. The number of likely N-dealkylation sites (N-methyl/N-ethyl adjacent to an activating group) is 1. The summed E-state index contributed by atoms with van der Waals surface area (Å²) in [6.07, 6.45) is 8.46. The van der Waals surface area contributed by atoms with Crippen LogP contribution in [0.3, 0.4) is 0 Å². The number of benzene rings is 1. The maximum Gasteiger partial charge on any atom is 0.322 e. The molecule has 1 aliphatic heterocycles. The van der Waals surface area contributed by atoms with Crippen LogP contribution in [0.4, 0.5) is 4.79 Å². The van der Waals surface area contributed by atoms with E-state index in [0.29, 0.717) is 24.2 Å². The van der Waals surface area contributed by atoms with Gasteiger partial charge in [-0.25, -0.2) is 9.78 Å². The van der Waals surface area contributed by atoms with Crippen LogP contribution < -0.4 is 10.6 Å². The molecule has 1 aliphatic carbocycles. The van der Waals surface area contributed by atoms with Crippen molar-refractivity contribution in [1.82, 2.24) is 20.5 Å². The molecule has 1 aromatic heterocycles. The minimum atomic E-state index is -0.437. The van der Waals surface area contributed by atoms with Crippen LogP contribution in [-0.4, -0.2) is 34.4 Å². The molecule has 6 nitrogen and oxygen atoms in total. The van der Waals surface area contributed by atoms with Crippen LogP contribution in [-0.2, 0) is 12.8 Å². The lowest BCUT2D eigenvalue weighted by atomic mass is 9.92. The van der Waals surface area contributed by atoms with Crippen molar-refractivity contribution in [3.63, 3.8) is 0 Å². The first kappa shape index (κ1) is 19.6. The molecule has 1 atom stereocenters. The van der Waals surface area contributed by atoms with Crippen molar-refractivity contribution < 1.29 is 9.59 Å². The maximum absolute atomic E-state index is 12.6.